The van der Waals surface area contributed by atoms with Gasteiger partial charge in [0.05, 0.1) is 5.56 Å². The molecule has 2 N–H and O–H groups in total. The number of nitrogens with one attached hydrogen (secondary N) is 1. The van der Waals surface area contributed by atoms with Gasteiger partial charge < -0.3 is 10.4 Å². The van der Waals surface area contributed by atoms with Crippen molar-refractivity contribution < 1.29 is 9.90 Å². The maximum absolute atomic E-state index is 10.8. The second kappa shape index (κ2) is 6.75. The molecule has 3 heteroatoms. The van der Waals surface area contributed by atoms with E-state index in [4.69, 9.17) is 5.11 Å². The van der Waals surface area contributed by atoms with Crippen molar-refractivity contribution in [2.45, 2.75) is 32.7 Å². The van der Waals surface area contributed by atoms with E-state index in [1.165, 1.54) is 11.1 Å². The molecule has 0 unspecified atom stereocenters. The number of aryl methyl sites for hydroxylation is 1. The van der Waals surface area contributed by atoms with E-state index in [0.717, 1.165) is 18.7 Å². The van der Waals surface area contributed by atoms with Crippen LogP contribution in [0.4, 0.5) is 0 Å². The largest absolute Gasteiger partial charge is 0.478 e. The fraction of sp³-hybridized carbons (Fsp3) is 0.316. The Morgan fingerprint density at radius 2 is 1.64 bits per heavy atom. The third-order valence-corrected chi connectivity index (χ3v) is 3.93. The van der Waals surface area contributed by atoms with Gasteiger partial charge in [0.2, 0.25) is 0 Å². The molecule has 0 atom stereocenters. The lowest BCUT2D eigenvalue weighted by atomic mass is 9.84. The van der Waals surface area contributed by atoms with Crippen LogP contribution in [0.15, 0.2) is 48.5 Å². The van der Waals surface area contributed by atoms with Crippen LogP contribution in [0.1, 0.15) is 40.9 Å². The van der Waals surface area contributed by atoms with Crippen LogP contribution in [0, 0.1) is 6.92 Å². The zero-order valence-electron chi connectivity index (χ0n) is 13.4. The SMILES string of the molecule is Cc1ccc(C(C)(C)CNCc2ccc(C(=O)O)cc2)cc1. The molecule has 0 radical (unpaired) electrons. The van der Waals surface area contributed by atoms with Gasteiger partial charge in [-0.05, 0) is 30.2 Å². The van der Waals surface area contributed by atoms with E-state index in [2.05, 4.69) is 50.4 Å². The van der Waals surface area contributed by atoms with E-state index < -0.39 is 5.97 Å². The number of aromatic carboxylic acids is 1. The normalized spacial score (nSPS) is 11.4. The van der Waals surface area contributed by atoms with E-state index in [0.29, 0.717) is 5.56 Å². The minimum absolute atomic E-state index is 0.0503. The van der Waals surface area contributed by atoms with Gasteiger partial charge in [-0.25, -0.2) is 4.79 Å². The van der Waals surface area contributed by atoms with Gasteiger partial charge in [-0.2, -0.15) is 0 Å². The average Bonchev–Trinajstić information content (AvgIpc) is 2.48. The lowest BCUT2D eigenvalue weighted by Crippen LogP contribution is -2.32. The van der Waals surface area contributed by atoms with Crippen LogP contribution >= 0.6 is 0 Å². The first-order chi connectivity index (χ1) is 10.4. The molecule has 0 aliphatic rings. The fourth-order valence-electron chi connectivity index (χ4n) is 2.39. The minimum atomic E-state index is -0.889. The van der Waals surface area contributed by atoms with Crippen LogP contribution in [0.2, 0.25) is 0 Å². The number of rotatable bonds is 6. The number of carboxylic acid groups (broad SMARTS) is 1. The molecule has 0 saturated carbocycles. The van der Waals surface area contributed by atoms with Gasteiger partial charge >= 0.3 is 5.97 Å². The molecule has 0 saturated heterocycles. The van der Waals surface area contributed by atoms with Gasteiger partial charge in [0.15, 0.2) is 0 Å². The van der Waals surface area contributed by atoms with Crippen molar-refractivity contribution in [1.82, 2.24) is 5.32 Å². The van der Waals surface area contributed by atoms with Crippen molar-refractivity contribution in [1.29, 1.82) is 0 Å². The van der Waals surface area contributed by atoms with Crippen molar-refractivity contribution >= 4 is 5.97 Å². The number of hydrogen-bond donors (Lipinski definition) is 2. The van der Waals surface area contributed by atoms with E-state index >= 15 is 0 Å². The Hall–Kier alpha value is -2.13. The zero-order valence-corrected chi connectivity index (χ0v) is 13.4. The molecule has 0 aromatic heterocycles. The van der Waals surface area contributed by atoms with Gasteiger partial charge in [0.25, 0.3) is 0 Å². The van der Waals surface area contributed by atoms with Crippen LogP contribution in [0.5, 0.6) is 0 Å². The lowest BCUT2D eigenvalue weighted by Gasteiger charge is -2.26. The quantitative estimate of drug-likeness (QED) is 0.853. The van der Waals surface area contributed by atoms with E-state index in [1.807, 2.05) is 12.1 Å². The highest BCUT2D eigenvalue weighted by Crippen LogP contribution is 2.22. The smallest absolute Gasteiger partial charge is 0.335 e. The molecule has 0 aliphatic carbocycles. The van der Waals surface area contributed by atoms with Crippen molar-refractivity contribution in [3.8, 4) is 0 Å². The number of benzene rings is 2. The summed E-state index contributed by atoms with van der Waals surface area (Å²) in [4.78, 5) is 10.8. The minimum Gasteiger partial charge on any atom is -0.478 e. The number of hydrogen-bond acceptors (Lipinski definition) is 2. The summed E-state index contributed by atoms with van der Waals surface area (Å²) in [5, 5.41) is 12.3. The first-order valence-corrected chi connectivity index (χ1v) is 7.48. The standard InChI is InChI=1S/C19H23NO2/c1-14-4-10-17(11-5-14)19(2,3)13-20-12-15-6-8-16(9-7-15)18(21)22/h4-11,20H,12-13H2,1-3H3,(H,21,22). The van der Waals surface area contributed by atoms with E-state index in [9.17, 15) is 4.79 Å². The molecule has 3 nitrogen and oxygen atoms in total. The van der Waals surface area contributed by atoms with Crippen molar-refractivity contribution in [3.05, 3.63) is 70.8 Å². The first kappa shape index (κ1) is 16.2. The number of carboxylic acids is 1. The van der Waals surface area contributed by atoms with Gasteiger partial charge in [0.1, 0.15) is 0 Å². The third-order valence-electron chi connectivity index (χ3n) is 3.93. The highest BCUT2D eigenvalue weighted by atomic mass is 16.4. The maximum Gasteiger partial charge on any atom is 0.335 e. The highest BCUT2D eigenvalue weighted by molar-refractivity contribution is 5.87. The molecular weight excluding hydrogens is 274 g/mol. The van der Waals surface area contributed by atoms with Crippen molar-refractivity contribution in [3.63, 3.8) is 0 Å². The molecule has 0 amide bonds. The first-order valence-electron chi connectivity index (χ1n) is 7.48. The Kier molecular flexibility index (Phi) is 4.99. The second-order valence-electron chi connectivity index (χ2n) is 6.36. The summed E-state index contributed by atoms with van der Waals surface area (Å²) in [6.07, 6.45) is 0. The van der Waals surface area contributed by atoms with Gasteiger partial charge in [-0.15, -0.1) is 0 Å². The molecule has 22 heavy (non-hydrogen) atoms. The topological polar surface area (TPSA) is 49.3 Å². The summed E-state index contributed by atoms with van der Waals surface area (Å²) >= 11 is 0. The monoisotopic (exact) mass is 297 g/mol. The maximum atomic E-state index is 10.8. The summed E-state index contributed by atoms with van der Waals surface area (Å²) in [5.41, 5.74) is 4.04. The van der Waals surface area contributed by atoms with Crippen molar-refractivity contribution in [2.75, 3.05) is 6.54 Å². The Balaban J connectivity index is 1.92. The van der Waals surface area contributed by atoms with Crippen LogP contribution < -0.4 is 5.32 Å². The molecule has 0 heterocycles. The zero-order chi connectivity index (χ0) is 16.2. The Morgan fingerprint density at radius 3 is 2.18 bits per heavy atom. The van der Waals surface area contributed by atoms with Crippen LogP contribution in [0.3, 0.4) is 0 Å². The molecule has 0 bridgehead atoms. The van der Waals surface area contributed by atoms with E-state index in [1.54, 1.807) is 12.1 Å². The van der Waals surface area contributed by atoms with Gasteiger partial charge in [-0.3, -0.25) is 0 Å². The molecule has 2 aromatic rings. The van der Waals surface area contributed by atoms with Crippen LogP contribution in [-0.2, 0) is 12.0 Å². The molecule has 0 spiro atoms. The summed E-state index contributed by atoms with van der Waals surface area (Å²) in [6.45, 7) is 8.12. The fourth-order valence-corrected chi connectivity index (χ4v) is 2.39. The molecule has 2 rings (SSSR count). The summed E-state index contributed by atoms with van der Waals surface area (Å²) < 4.78 is 0. The molecule has 116 valence electrons. The summed E-state index contributed by atoms with van der Waals surface area (Å²) in [6, 6.07) is 15.6. The van der Waals surface area contributed by atoms with Crippen LogP contribution in [0.25, 0.3) is 0 Å². The third kappa shape index (κ3) is 4.18. The molecule has 0 aliphatic heterocycles. The van der Waals surface area contributed by atoms with Gasteiger partial charge in [0, 0.05) is 18.5 Å². The Morgan fingerprint density at radius 1 is 1.05 bits per heavy atom. The molecule has 2 aromatic carbocycles. The van der Waals surface area contributed by atoms with Crippen LogP contribution in [-0.4, -0.2) is 17.6 Å². The molecular formula is C19H23NO2. The van der Waals surface area contributed by atoms with Gasteiger partial charge in [-0.1, -0.05) is 55.8 Å². The Labute approximate surface area is 132 Å². The van der Waals surface area contributed by atoms with Crippen molar-refractivity contribution in [2.24, 2.45) is 0 Å². The van der Waals surface area contributed by atoms with E-state index in [-0.39, 0.29) is 5.41 Å². The summed E-state index contributed by atoms with van der Waals surface area (Å²) in [5.74, 6) is -0.889. The predicted molar refractivity (Wildman–Crippen MR) is 89.3 cm³/mol. The molecule has 0 fully saturated rings. The number of carbonyl (C=O) groups is 1. The lowest BCUT2D eigenvalue weighted by molar-refractivity contribution is 0.0697. The summed E-state index contributed by atoms with van der Waals surface area (Å²) in [7, 11) is 0. The second-order valence-corrected chi connectivity index (χ2v) is 6.36. The predicted octanol–water partition coefficient (Wildman–Crippen LogP) is 3.76. The highest BCUT2D eigenvalue weighted by Gasteiger charge is 2.19. The Bertz CT molecular complexity index is 627. The average molecular weight is 297 g/mol.